The molecule has 4 aromatic rings. The number of ether oxygens (including phenoxy) is 3. The molecule has 218 valence electrons. The van der Waals surface area contributed by atoms with E-state index in [1.807, 2.05) is 17.8 Å². The van der Waals surface area contributed by atoms with Crippen LogP contribution in [0.15, 0.2) is 53.0 Å². The average Bonchev–Trinajstić information content (AvgIpc) is 3.65. The van der Waals surface area contributed by atoms with Gasteiger partial charge in [-0.2, -0.15) is 5.10 Å². The van der Waals surface area contributed by atoms with Gasteiger partial charge >= 0.3 is 0 Å². The molecule has 0 bridgehead atoms. The fourth-order valence-electron chi connectivity index (χ4n) is 5.07. The van der Waals surface area contributed by atoms with Gasteiger partial charge in [0.15, 0.2) is 0 Å². The van der Waals surface area contributed by atoms with Crippen LogP contribution in [0.1, 0.15) is 42.9 Å². The van der Waals surface area contributed by atoms with Crippen LogP contribution >= 0.6 is 22.9 Å². The van der Waals surface area contributed by atoms with Crippen LogP contribution in [-0.4, -0.2) is 48.7 Å². The predicted octanol–water partition coefficient (Wildman–Crippen LogP) is 5.58. The van der Waals surface area contributed by atoms with Crippen molar-refractivity contribution in [2.24, 2.45) is 7.05 Å². The molecule has 0 saturated heterocycles. The molecule has 41 heavy (non-hydrogen) atoms. The number of aromatic nitrogens is 4. The number of sulfonamides is 1. The molecular formula is C27H29ClFN5O5S2. The number of anilines is 1. The lowest BCUT2D eigenvalue weighted by Gasteiger charge is -2.32. The highest BCUT2D eigenvalue weighted by atomic mass is 35.5. The SMILES string of the molecule is COc1ccc(CN(c2nncs2)S(=O)(=O)c2cc(Cl)c(O[C@H]3CCCC[C@@H]3c3ccnn3C)cc2F)c(OC)c1. The average molecular weight is 622 g/mol. The second-order valence-corrected chi connectivity index (χ2v) is 12.6. The summed E-state index contributed by atoms with van der Waals surface area (Å²) >= 11 is 7.55. The summed E-state index contributed by atoms with van der Waals surface area (Å²) in [4.78, 5) is -0.607. The number of rotatable bonds is 10. The van der Waals surface area contributed by atoms with E-state index >= 15 is 4.39 Å². The number of nitrogens with zero attached hydrogens (tertiary/aromatic N) is 5. The Morgan fingerprint density at radius 1 is 1.12 bits per heavy atom. The summed E-state index contributed by atoms with van der Waals surface area (Å²) in [6, 6.07) is 9.05. The molecule has 1 aliphatic rings. The smallest absolute Gasteiger partial charge is 0.269 e. The maximum atomic E-state index is 15.7. The first-order valence-electron chi connectivity index (χ1n) is 12.9. The van der Waals surface area contributed by atoms with E-state index in [1.165, 1.54) is 19.7 Å². The second-order valence-electron chi connectivity index (χ2n) is 9.55. The van der Waals surface area contributed by atoms with Gasteiger partial charge in [0.05, 0.1) is 25.8 Å². The van der Waals surface area contributed by atoms with Gasteiger partial charge in [-0.05, 0) is 43.5 Å². The van der Waals surface area contributed by atoms with Crippen molar-refractivity contribution in [2.75, 3.05) is 18.5 Å². The number of halogens is 2. The van der Waals surface area contributed by atoms with Crippen molar-refractivity contribution < 1.29 is 27.0 Å². The molecule has 0 radical (unpaired) electrons. The number of methoxy groups -OCH3 is 2. The first-order valence-corrected chi connectivity index (χ1v) is 15.6. The van der Waals surface area contributed by atoms with Crippen LogP contribution in [0.3, 0.4) is 0 Å². The summed E-state index contributed by atoms with van der Waals surface area (Å²) in [6.45, 7) is -0.200. The van der Waals surface area contributed by atoms with Gasteiger partial charge in [-0.25, -0.2) is 17.1 Å². The van der Waals surface area contributed by atoms with Crippen LogP contribution < -0.4 is 18.5 Å². The Hall–Kier alpha value is -3.42. The van der Waals surface area contributed by atoms with E-state index in [1.54, 1.807) is 24.4 Å². The second kappa shape index (κ2) is 12.2. The third kappa shape index (κ3) is 5.97. The van der Waals surface area contributed by atoms with E-state index in [0.717, 1.165) is 59.2 Å². The van der Waals surface area contributed by atoms with E-state index < -0.39 is 20.7 Å². The van der Waals surface area contributed by atoms with Crippen LogP contribution in [0.5, 0.6) is 17.2 Å². The van der Waals surface area contributed by atoms with Gasteiger partial charge in [-0.15, -0.1) is 10.2 Å². The Kier molecular flexibility index (Phi) is 8.66. The molecule has 0 amide bonds. The number of aryl methyl sites for hydroxylation is 1. The number of benzene rings is 2. The van der Waals surface area contributed by atoms with Crippen LogP contribution in [0.4, 0.5) is 9.52 Å². The van der Waals surface area contributed by atoms with Gasteiger partial charge in [-0.1, -0.05) is 29.4 Å². The van der Waals surface area contributed by atoms with Crippen molar-refractivity contribution in [1.29, 1.82) is 0 Å². The fourth-order valence-corrected chi connectivity index (χ4v) is 7.59. The van der Waals surface area contributed by atoms with Crippen molar-refractivity contribution in [1.82, 2.24) is 20.0 Å². The first kappa shape index (κ1) is 29.1. The minimum atomic E-state index is -4.49. The van der Waals surface area contributed by atoms with E-state index in [0.29, 0.717) is 17.1 Å². The lowest BCUT2D eigenvalue weighted by Crippen LogP contribution is -2.32. The highest BCUT2D eigenvalue weighted by Gasteiger charge is 2.34. The molecule has 0 spiro atoms. The Balaban J connectivity index is 1.47. The maximum Gasteiger partial charge on any atom is 0.269 e. The molecule has 2 atom stereocenters. The summed E-state index contributed by atoms with van der Waals surface area (Å²) in [7, 11) is 0.361. The zero-order chi connectivity index (χ0) is 29.1. The van der Waals surface area contributed by atoms with Gasteiger partial charge in [0.25, 0.3) is 10.0 Å². The zero-order valence-electron chi connectivity index (χ0n) is 22.7. The lowest BCUT2D eigenvalue weighted by atomic mass is 9.84. The summed E-state index contributed by atoms with van der Waals surface area (Å²) in [6.07, 6.45) is 5.11. The third-order valence-corrected chi connectivity index (χ3v) is 10.0. The van der Waals surface area contributed by atoms with Crippen molar-refractivity contribution in [2.45, 2.75) is 49.1 Å². The van der Waals surface area contributed by atoms with E-state index in [4.69, 9.17) is 25.8 Å². The van der Waals surface area contributed by atoms with Gasteiger partial charge in [0.1, 0.15) is 39.6 Å². The standard InChI is InChI=1S/C27H29ClFN5O5S2/c1-33-22(10-11-31-33)19-6-4-5-7-23(19)39-25-14-21(29)26(13-20(25)28)41(35,36)34(27-32-30-16-40-27)15-17-8-9-18(37-2)12-24(17)38-3/h8-14,16,19,23H,4-7,15H2,1-3H3/t19-,23+/m1/s1. The topological polar surface area (TPSA) is 109 Å². The number of hydrogen-bond acceptors (Lipinski definition) is 9. The first-order chi connectivity index (χ1) is 19.7. The summed E-state index contributed by atoms with van der Waals surface area (Å²) < 4.78 is 63.2. The molecule has 1 aliphatic carbocycles. The molecule has 0 unspecified atom stereocenters. The molecule has 2 aromatic heterocycles. The predicted molar refractivity (Wildman–Crippen MR) is 153 cm³/mol. The summed E-state index contributed by atoms with van der Waals surface area (Å²) in [5.74, 6) is 0.0702. The van der Waals surface area contributed by atoms with Gasteiger partial charge in [0, 0.05) is 42.6 Å². The molecule has 2 heterocycles. The van der Waals surface area contributed by atoms with Crippen molar-refractivity contribution in [3.05, 3.63) is 70.2 Å². The Labute approximate surface area is 246 Å². The third-order valence-electron chi connectivity index (χ3n) is 7.14. The molecule has 0 N–H and O–H groups in total. The Bertz CT molecular complexity index is 1620. The normalized spacial score (nSPS) is 17.3. The Morgan fingerprint density at radius 2 is 1.93 bits per heavy atom. The van der Waals surface area contributed by atoms with Crippen molar-refractivity contribution in [3.63, 3.8) is 0 Å². The van der Waals surface area contributed by atoms with Crippen molar-refractivity contribution >= 4 is 38.1 Å². The van der Waals surface area contributed by atoms with E-state index in [9.17, 15) is 8.42 Å². The van der Waals surface area contributed by atoms with Crippen LogP contribution in [0, 0.1) is 5.82 Å². The summed E-state index contributed by atoms with van der Waals surface area (Å²) in [5.41, 5.74) is 2.93. The zero-order valence-corrected chi connectivity index (χ0v) is 25.0. The highest BCUT2D eigenvalue weighted by Crippen LogP contribution is 2.40. The minimum absolute atomic E-state index is 0.0152. The van der Waals surface area contributed by atoms with Crippen LogP contribution in [-0.2, 0) is 23.6 Å². The molecule has 5 rings (SSSR count). The monoisotopic (exact) mass is 621 g/mol. The van der Waals surface area contributed by atoms with Crippen molar-refractivity contribution in [3.8, 4) is 17.2 Å². The summed E-state index contributed by atoms with van der Waals surface area (Å²) in [5, 5.41) is 12.0. The molecule has 10 nitrogen and oxygen atoms in total. The molecule has 1 saturated carbocycles. The lowest BCUT2D eigenvalue weighted by molar-refractivity contribution is 0.126. The molecular weight excluding hydrogens is 593 g/mol. The quantitative estimate of drug-likeness (QED) is 0.226. The largest absolute Gasteiger partial charge is 0.497 e. The molecule has 14 heteroatoms. The van der Waals surface area contributed by atoms with Crippen LogP contribution in [0.2, 0.25) is 5.02 Å². The Morgan fingerprint density at radius 3 is 2.61 bits per heavy atom. The molecule has 1 fully saturated rings. The minimum Gasteiger partial charge on any atom is -0.497 e. The maximum absolute atomic E-state index is 15.7. The van der Waals surface area contributed by atoms with E-state index in [-0.39, 0.29) is 34.5 Å². The van der Waals surface area contributed by atoms with Gasteiger partial charge < -0.3 is 14.2 Å². The molecule has 2 aromatic carbocycles. The van der Waals surface area contributed by atoms with Gasteiger partial charge in [-0.3, -0.25) is 4.68 Å². The molecule has 0 aliphatic heterocycles. The van der Waals surface area contributed by atoms with Crippen LogP contribution in [0.25, 0.3) is 0 Å². The van der Waals surface area contributed by atoms with E-state index in [2.05, 4.69) is 15.3 Å². The highest BCUT2D eigenvalue weighted by molar-refractivity contribution is 7.93. The van der Waals surface area contributed by atoms with Gasteiger partial charge in [0.2, 0.25) is 5.13 Å². The fraction of sp³-hybridized carbons (Fsp3) is 0.370. The number of hydrogen-bond donors (Lipinski definition) is 0.